The van der Waals surface area contributed by atoms with Crippen LogP contribution in [0.5, 0.6) is 0 Å². The summed E-state index contributed by atoms with van der Waals surface area (Å²) < 4.78 is 10.7. The Morgan fingerprint density at radius 3 is 2.76 bits per heavy atom. The number of nitrogens with zero attached hydrogens (tertiary/aromatic N) is 1. The highest BCUT2D eigenvalue weighted by Gasteiger charge is 2.08. The third-order valence-corrected chi connectivity index (χ3v) is 2.69. The van der Waals surface area contributed by atoms with Gasteiger partial charge in [-0.2, -0.15) is 0 Å². The molecule has 0 aliphatic rings. The molecule has 1 aromatic heterocycles. The molecule has 0 fully saturated rings. The Morgan fingerprint density at radius 2 is 2.18 bits per heavy atom. The molecule has 0 aromatic carbocycles. The first kappa shape index (κ1) is 14.1. The van der Waals surface area contributed by atoms with Gasteiger partial charge in [0, 0.05) is 12.0 Å². The number of thiazole rings is 1. The zero-order chi connectivity index (χ0) is 12.7. The van der Waals surface area contributed by atoms with Crippen LogP contribution in [-0.4, -0.2) is 35.9 Å². The highest BCUT2D eigenvalue weighted by Crippen LogP contribution is 2.10. The van der Waals surface area contributed by atoms with Crippen LogP contribution >= 0.6 is 11.3 Å². The average molecular weight is 259 g/mol. The largest absolute Gasteiger partial charge is 0.476 e. The maximum Gasteiger partial charge on any atom is 0.365 e. The minimum atomic E-state index is -0.999. The fraction of sp³-hybridized carbons (Fsp3) is 0.636. The summed E-state index contributed by atoms with van der Waals surface area (Å²) in [6.45, 7) is 6.27. The van der Waals surface area contributed by atoms with Crippen molar-refractivity contribution in [2.45, 2.75) is 20.5 Å². The van der Waals surface area contributed by atoms with E-state index in [2.05, 4.69) is 18.8 Å². The molecule has 0 aliphatic heterocycles. The fourth-order valence-electron chi connectivity index (χ4n) is 1.09. The minimum absolute atomic E-state index is 0.0969. The van der Waals surface area contributed by atoms with Crippen molar-refractivity contribution in [1.29, 1.82) is 0 Å². The van der Waals surface area contributed by atoms with Crippen LogP contribution in [0.15, 0.2) is 5.38 Å². The van der Waals surface area contributed by atoms with Crippen molar-refractivity contribution >= 4 is 17.3 Å². The van der Waals surface area contributed by atoms with Gasteiger partial charge >= 0.3 is 5.97 Å². The van der Waals surface area contributed by atoms with Crippen LogP contribution in [0.3, 0.4) is 0 Å². The number of carboxylic acids is 1. The molecule has 0 saturated heterocycles. The molecule has 0 unspecified atom stereocenters. The van der Waals surface area contributed by atoms with Crippen LogP contribution in [0.2, 0.25) is 0 Å². The lowest BCUT2D eigenvalue weighted by molar-refractivity contribution is 0.0306. The summed E-state index contributed by atoms with van der Waals surface area (Å²) in [7, 11) is 0. The average Bonchev–Trinajstić information content (AvgIpc) is 2.71. The normalized spacial score (nSPS) is 11.0. The van der Waals surface area contributed by atoms with Gasteiger partial charge in [-0.1, -0.05) is 13.8 Å². The van der Waals surface area contributed by atoms with E-state index < -0.39 is 5.97 Å². The van der Waals surface area contributed by atoms with Gasteiger partial charge in [-0.25, -0.2) is 9.78 Å². The number of carbonyl (C=O) groups is 1. The van der Waals surface area contributed by atoms with Gasteiger partial charge in [0.1, 0.15) is 0 Å². The Hall–Kier alpha value is -0.980. The molecule has 5 nitrogen and oxygen atoms in total. The second kappa shape index (κ2) is 7.37. The molecule has 1 heterocycles. The lowest BCUT2D eigenvalue weighted by Crippen LogP contribution is -2.08. The van der Waals surface area contributed by atoms with Gasteiger partial charge in [0.25, 0.3) is 0 Å². The van der Waals surface area contributed by atoms with E-state index in [4.69, 9.17) is 14.6 Å². The van der Waals surface area contributed by atoms with E-state index >= 15 is 0 Å². The van der Waals surface area contributed by atoms with Gasteiger partial charge < -0.3 is 14.6 Å². The highest BCUT2D eigenvalue weighted by atomic mass is 32.1. The number of hydrogen-bond donors (Lipinski definition) is 1. The number of aromatic carboxylic acids is 1. The maximum absolute atomic E-state index is 10.6. The first-order chi connectivity index (χ1) is 8.09. The van der Waals surface area contributed by atoms with Gasteiger partial charge in [0.2, 0.25) is 5.01 Å². The Labute approximate surface area is 104 Å². The molecule has 6 heteroatoms. The monoisotopic (exact) mass is 259 g/mol. The predicted molar refractivity (Wildman–Crippen MR) is 64.4 cm³/mol. The number of aromatic nitrogens is 1. The lowest BCUT2D eigenvalue weighted by Gasteiger charge is -2.06. The molecule has 17 heavy (non-hydrogen) atoms. The minimum Gasteiger partial charge on any atom is -0.476 e. The van der Waals surface area contributed by atoms with Crippen LogP contribution in [0.4, 0.5) is 0 Å². The van der Waals surface area contributed by atoms with Crippen LogP contribution < -0.4 is 0 Å². The second-order valence-electron chi connectivity index (χ2n) is 3.97. The summed E-state index contributed by atoms with van der Waals surface area (Å²) >= 11 is 1.11. The van der Waals surface area contributed by atoms with Gasteiger partial charge in [-0.05, 0) is 5.92 Å². The van der Waals surface area contributed by atoms with Crippen molar-refractivity contribution in [2.75, 3.05) is 19.8 Å². The summed E-state index contributed by atoms with van der Waals surface area (Å²) in [4.78, 5) is 14.5. The number of rotatable bonds is 8. The third kappa shape index (κ3) is 5.76. The lowest BCUT2D eigenvalue weighted by atomic mass is 10.2. The molecule has 0 aliphatic carbocycles. The predicted octanol–water partition coefficient (Wildman–Crippen LogP) is 2.03. The standard InChI is InChI=1S/C11H17NO4S/c1-8(2)5-15-3-4-16-6-9-7-17-10(12-9)11(13)14/h7-8H,3-6H2,1-2H3,(H,13,14). The van der Waals surface area contributed by atoms with Crippen LogP contribution in [0.25, 0.3) is 0 Å². The Bertz CT molecular complexity index is 351. The fourth-order valence-corrected chi connectivity index (χ4v) is 1.72. The summed E-state index contributed by atoms with van der Waals surface area (Å²) in [5.74, 6) is -0.479. The van der Waals surface area contributed by atoms with Gasteiger partial charge in [0.05, 0.1) is 25.5 Å². The van der Waals surface area contributed by atoms with Gasteiger partial charge in [-0.15, -0.1) is 11.3 Å². The summed E-state index contributed by atoms with van der Waals surface area (Å²) in [5.41, 5.74) is 0.649. The summed E-state index contributed by atoms with van der Waals surface area (Å²) in [5, 5.41) is 10.5. The maximum atomic E-state index is 10.6. The molecule has 96 valence electrons. The summed E-state index contributed by atoms with van der Waals surface area (Å²) in [6.07, 6.45) is 0. The zero-order valence-corrected chi connectivity index (χ0v) is 10.8. The third-order valence-electron chi connectivity index (χ3n) is 1.81. The van der Waals surface area contributed by atoms with E-state index in [1.165, 1.54) is 0 Å². The first-order valence-electron chi connectivity index (χ1n) is 5.42. The van der Waals surface area contributed by atoms with E-state index in [1.54, 1.807) is 5.38 Å². The van der Waals surface area contributed by atoms with E-state index in [0.717, 1.165) is 17.9 Å². The van der Waals surface area contributed by atoms with Crippen LogP contribution in [0, 0.1) is 5.92 Å². The quantitative estimate of drug-likeness (QED) is 0.723. The van der Waals surface area contributed by atoms with Crippen LogP contribution in [-0.2, 0) is 16.1 Å². The molecule has 0 atom stereocenters. The van der Waals surface area contributed by atoms with E-state index in [0.29, 0.717) is 31.4 Å². The van der Waals surface area contributed by atoms with Crippen molar-refractivity contribution in [3.8, 4) is 0 Å². The Morgan fingerprint density at radius 1 is 1.47 bits per heavy atom. The molecule has 0 bridgehead atoms. The molecule has 1 aromatic rings. The zero-order valence-electron chi connectivity index (χ0n) is 10.0. The Kier molecular flexibility index (Phi) is 6.10. The number of hydrogen-bond acceptors (Lipinski definition) is 5. The van der Waals surface area contributed by atoms with Gasteiger partial charge in [0.15, 0.2) is 0 Å². The number of ether oxygens (including phenoxy) is 2. The smallest absolute Gasteiger partial charge is 0.365 e. The van der Waals surface area contributed by atoms with E-state index in [-0.39, 0.29) is 5.01 Å². The molecule has 1 N–H and O–H groups in total. The van der Waals surface area contributed by atoms with E-state index in [9.17, 15) is 4.79 Å². The molecule has 1 rings (SSSR count). The number of carboxylic acid groups (broad SMARTS) is 1. The SMILES string of the molecule is CC(C)COCCOCc1csc(C(=O)O)n1. The van der Waals surface area contributed by atoms with Crippen molar-refractivity contribution in [2.24, 2.45) is 5.92 Å². The van der Waals surface area contributed by atoms with Crippen molar-refractivity contribution in [3.05, 3.63) is 16.1 Å². The molecule has 0 spiro atoms. The molecule has 0 radical (unpaired) electrons. The molecular formula is C11H17NO4S. The van der Waals surface area contributed by atoms with Crippen molar-refractivity contribution < 1.29 is 19.4 Å². The first-order valence-corrected chi connectivity index (χ1v) is 6.30. The van der Waals surface area contributed by atoms with Crippen molar-refractivity contribution in [3.63, 3.8) is 0 Å². The van der Waals surface area contributed by atoms with Crippen molar-refractivity contribution in [1.82, 2.24) is 4.98 Å². The van der Waals surface area contributed by atoms with Gasteiger partial charge in [-0.3, -0.25) is 0 Å². The molecule has 0 saturated carbocycles. The Balaban J connectivity index is 2.11. The highest BCUT2D eigenvalue weighted by molar-refractivity contribution is 7.11. The summed E-state index contributed by atoms with van der Waals surface area (Å²) in [6, 6.07) is 0. The second-order valence-corrected chi connectivity index (χ2v) is 4.83. The topological polar surface area (TPSA) is 68.7 Å². The molecule has 0 amide bonds. The van der Waals surface area contributed by atoms with Crippen LogP contribution in [0.1, 0.15) is 29.3 Å². The molecular weight excluding hydrogens is 242 g/mol. The van der Waals surface area contributed by atoms with E-state index in [1.807, 2.05) is 0 Å².